The summed E-state index contributed by atoms with van der Waals surface area (Å²) in [4.78, 5) is 39.1. The van der Waals surface area contributed by atoms with Crippen LogP contribution < -0.4 is 4.90 Å². The lowest BCUT2D eigenvalue weighted by Crippen LogP contribution is -2.50. The highest BCUT2D eigenvalue weighted by Gasteiger charge is 2.26. The molecular weight excluding hydrogens is 370 g/mol. The maximum atomic E-state index is 13.0. The first-order valence-corrected chi connectivity index (χ1v) is 9.79. The number of amides is 2. The fourth-order valence-electron chi connectivity index (χ4n) is 3.23. The summed E-state index contributed by atoms with van der Waals surface area (Å²) < 4.78 is 5.03. The van der Waals surface area contributed by atoms with Crippen LogP contribution in [0.3, 0.4) is 0 Å². The lowest BCUT2D eigenvalue weighted by atomic mass is 10.2. The average molecular weight is 397 g/mol. The second-order valence-corrected chi connectivity index (χ2v) is 7.01. The minimum atomic E-state index is -0.331. The molecule has 1 aliphatic heterocycles. The molecular formula is C21H27N5O3. The number of hydrogen-bond acceptors (Lipinski definition) is 6. The van der Waals surface area contributed by atoms with E-state index < -0.39 is 0 Å². The molecule has 0 unspecified atom stereocenters. The van der Waals surface area contributed by atoms with Crippen molar-refractivity contribution in [3.63, 3.8) is 0 Å². The number of carbonyl (C=O) groups excluding carboxylic acids is 2. The van der Waals surface area contributed by atoms with E-state index in [2.05, 4.69) is 9.97 Å². The van der Waals surface area contributed by atoms with Crippen molar-refractivity contribution >= 4 is 17.9 Å². The van der Waals surface area contributed by atoms with E-state index in [0.717, 1.165) is 11.3 Å². The summed E-state index contributed by atoms with van der Waals surface area (Å²) >= 11 is 0. The Morgan fingerprint density at radius 2 is 1.72 bits per heavy atom. The van der Waals surface area contributed by atoms with E-state index >= 15 is 0 Å². The van der Waals surface area contributed by atoms with Gasteiger partial charge in [-0.3, -0.25) is 4.79 Å². The van der Waals surface area contributed by atoms with Gasteiger partial charge in [0, 0.05) is 45.5 Å². The van der Waals surface area contributed by atoms with Crippen LogP contribution in [0, 0.1) is 6.92 Å². The molecule has 0 radical (unpaired) electrons. The predicted molar refractivity (Wildman–Crippen MR) is 110 cm³/mol. The van der Waals surface area contributed by atoms with Crippen molar-refractivity contribution in [2.45, 2.75) is 20.4 Å². The van der Waals surface area contributed by atoms with Gasteiger partial charge in [-0.2, -0.15) is 0 Å². The molecule has 8 heteroatoms. The Morgan fingerprint density at radius 1 is 1.07 bits per heavy atom. The van der Waals surface area contributed by atoms with Gasteiger partial charge in [0.2, 0.25) is 5.95 Å². The topological polar surface area (TPSA) is 78.9 Å². The van der Waals surface area contributed by atoms with Crippen molar-refractivity contribution in [2.24, 2.45) is 0 Å². The number of aryl methyl sites for hydroxylation is 1. The van der Waals surface area contributed by atoms with E-state index in [0.29, 0.717) is 51.0 Å². The van der Waals surface area contributed by atoms with Crippen LogP contribution >= 0.6 is 0 Å². The SMILES string of the molecule is CCOC(=O)N1CCN(C(=O)c2cc(C)nc(N(C)Cc3ccccc3)n2)CC1. The van der Waals surface area contributed by atoms with Gasteiger partial charge in [-0.05, 0) is 25.5 Å². The number of ether oxygens (including phenoxy) is 1. The molecule has 0 spiro atoms. The molecule has 1 aliphatic rings. The molecule has 0 aliphatic carbocycles. The Labute approximate surface area is 171 Å². The van der Waals surface area contributed by atoms with Gasteiger partial charge in [0.1, 0.15) is 5.69 Å². The molecule has 3 rings (SSSR count). The van der Waals surface area contributed by atoms with Crippen LogP contribution in [-0.4, -0.2) is 71.6 Å². The van der Waals surface area contributed by atoms with Gasteiger partial charge in [-0.15, -0.1) is 0 Å². The van der Waals surface area contributed by atoms with Gasteiger partial charge in [0.15, 0.2) is 0 Å². The zero-order valence-electron chi connectivity index (χ0n) is 17.2. The molecule has 2 amide bonds. The summed E-state index contributed by atoms with van der Waals surface area (Å²) in [6.45, 7) is 6.45. The number of piperazine rings is 1. The molecule has 0 saturated carbocycles. The summed E-state index contributed by atoms with van der Waals surface area (Å²) in [5.41, 5.74) is 2.25. The molecule has 2 heterocycles. The molecule has 8 nitrogen and oxygen atoms in total. The number of anilines is 1. The lowest BCUT2D eigenvalue weighted by Gasteiger charge is -2.34. The summed E-state index contributed by atoms with van der Waals surface area (Å²) in [5.74, 6) is 0.371. The molecule has 2 aromatic rings. The minimum Gasteiger partial charge on any atom is -0.450 e. The monoisotopic (exact) mass is 397 g/mol. The average Bonchev–Trinajstić information content (AvgIpc) is 2.74. The number of nitrogens with zero attached hydrogens (tertiary/aromatic N) is 5. The maximum absolute atomic E-state index is 13.0. The second-order valence-electron chi connectivity index (χ2n) is 7.01. The Kier molecular flexibility index (Phi) is 6.64. The maximum Gasteiger partial charge on any atom is 0.409 e. The van der Waals surface area contributed by atoms with E-state index in [1.54, 1.807) is 22.8 Å². The predicted octanol–water partition coefficient (Wildman–Crippen LogP) is 2.34. The first kappa shape index (κ1) is 20.6. The quantitative estimate of drug-likeness (QED) is 0.771. The fourth-order valence-corrected chi connectivity index (χ4v) is 3.23. The second kappa shape index (κ2) is 9.36. The van der Waals surface area contributed by atoms with Gasteiger partial charge >= 0.3 is 6.09 Å². The highest BCUT2D eigenvalue weighted by molar-refractivity contribution is 5.92. The Morgan fingerprint density at radius 3 is 2.38 bits per heavy atom. The highest BCUT2D eigenvalue weighted by Crippen LogP contribution is 2.15. The Balaban J connectivity index is 1.68. The first-order valence-electron chi connectivity index (χ1n) is 9.79. The number of aromatic nitrogens is 2. The third-order valence-electron chi connectivity index (χ3n) is 4.76. The number of hydrogen-bond donors (Lipinski definition) is 0. The third kappa shape index (κ3) is 5.22. The Hall–Kier alpha value is -3.16. The van der Waals surface area contributed by atoms with Gasteiger partial charge in [-0.1, -0.05) is 30.3 Å². The third-order valence-corrected chi connectivity index (χ3v) is 4.76. The van der Waals surface area contributed by atoms with Crippen molar-refractivity contribution in [1.29, 1.82) is 0 Å². The van der Waals surface area contributed by atoms with E-state index in [-0.39, 0.29) is 12.0 Å². The number of benzene rings is 1. The van der Waals surface area contributed by atoms with Crippen molar-refractivity contribution in [3.05, 3.63) is 53.3 Å². The molecule has 29 heavy (non-hydrogen) atoms. The molecule has 0 atom stereocenters. The van der Waals surface area contributed by atoms with E-state index in [1.807, 2.05) is 49.2 Å². The van der Waals surface area contributed by atoms with Crippen molar-refractivity contribution in [1.82, 2.24) is 19.8 Å². The number of carbonyl (C=O) groups is 2. The molecule has 1 aromatic heterocycles. The van der Waals surface area contributed by atoms with Crippen LogP contribution in [-0.2, 0) is 11.3 Å². The largest absolute Gasteiger partial charge is 0.450 e. The molecule has 1 fully saturated rings. The summed E-state index contributed by atoms with van der Waals surface area (Å²) in [6, 6.07) is 11.8. The normalized spacial score (nSPS) is 13.9. The van der Waals surface area contributed by atoms with Crippen molar-refractivity contribution in [3.8, 4) is 0 Å². The molecule has 0 bridgehead atoms. The van der Waals surface area contributed by atoms with E-state index in [1.165, 1.54) is 0 Å². The molecule has 0 N–H and O–H groups in total. The zero-order valence-corrected chi connectivity index (χ0v) is 17.2. The Bertz CT molecular complexity index is 851. The van der Waals surface area contributed by atoms with Crippen molar-refractivity contribution in [2.75, 3.05) is 44.7 Å². The van der Waals surface area contributed by atoms with Gasteiger partial charge in [-0.25, -0.2) is 14.8 Å². The van der Waals surface area contributed by atoms with Crippen LogP contribution in [0.1, 0.15) is 28.7 Å². The highest BCUT2D eigenvalue weighted by atomic mass is 16.6. The van der Waals surface area contributed by atoms with Crippen LogP contribution in [0.5, 0.6) is 0 Å². The molecule has 154 valence electrons. The van der Waals surface area contributed by atoms with Crippen LogP contribution in [0.15, 0.2) is 36.4 Å². The first-order chi connectivity index (χ1) is 14.0. The minimum absolute atomic E-state index is 0.145. The summed E-state index contributed by atoms with van der Waals surface area (Å²) in [7, 11) is 1.91. The van der Waals surface area contributed by atoms with Crippen molar-refractivity contribution < 1.29 is 14.3 Å². The van der Waals surface area contributed by atoms with E-state index in [9.17, 15) is 9.59 Å². The van der Waals surface area contributed by atoms with Gasteiger partial charge < -0.3 is 19.4 Å². The smallest absolute Gasteiger partial charge is 0.409 e. The van der Waals surface area contributed by atoms with Crippen LogP contribution in [0.25, 0.3) is 0 Å². The molecule has 1 aromatic carbocycles. The van der Waals surface area contributed by atoms with Gasteiger partial charge in [0.25, 0.3) is 5.91 Å². The van der Waals surface area contributed by atoms with Gasteiger partial charge in [0.05, 0.1) is 6.61 Å². The van der Waals surface area contributed by atoms with Crippen LogP contribution in [0.4, 0.5) is 10.7 Å². The van der Waals surface area contributed by atoms with E-state index in [4.69, 9.17) is 4.74 Å². The molecule has 1 saturated heterocycles. The summed E-state index contributed by atoms with van der Waals surface area (Å²) in [5, 5.41) is 0. The lowest BCUT2D eigenvalue weighted by molar-refractivity contribution is 0.0566. The standard InChI is InChI=1S/C21H27N5O3/c1-4-29-21(28)26-12-10-25(11-13-26)19(27)18-14-16(2)22-20(23-18)24(3)15-17-8-6-5-7-9-17/h5-9,14H,4,10-13,15H2,1-3H3. The summed E-state index contributed by atoms with van der Waals surface area (Å²) in [6.07, 6.45) is -0.331. The van der Waals surface area contributed by atoms with Crippen LogP contribution in [0.2, 0.25) is 0 Å². The fraction of sp³-hybridized carbons (Fsp3) is 0.429. The zero-order chi connectivity index (χ0) is 20.8. The number of rotatable bonds is 5.